The van der Waals surface area contributed by atoms with Crippen LogP contribution >= 0.6 is 0 Å². The first-order valence-electron chi connectivity index (χ1n) is 22.6. The number of rotatable bonds is 7. The summed E-state index contributed by atoms with van der Waals surface area (Å²) in [4.78, 5) is 2.37. The van der Waals surface area contributed by atoms with Gasteiger partial charge in [0.2, 0.25) is 0 Å². The number of nitrogens with zero attached hydrogens (tertiary/aromatic N) is 1. The normalized spacial score (nSPS) is 11.6. The zero-order valence-corrected chi connectivity index (χ0v) is 36.0. The molecule has 1 aromatic heterocycles. The van der Waals surface area contributed by atoms with Gasteiger partial charge in [-0.1, -0.05) is 194 Å². The summed E-state index contributed by atoms with van der Waals surface area (Å²) in [6, 6.07) is 90.3. The van der Waals surface area contributed by atoms with E-state index in [0.717, 1.165) is 50.1 Å². The fourth-order valence-electron chi connectivity index (χ4n) is 10.2. The van der Waals surface area contributed by atoms with Crippen molar-refractivity contribution >= 4 is 82.1 Å². The Hall–Kier alpha value is -8.72. The lowest BCUT2D eigenvalue weighted by Crippen LogP contribution is -2.10. The second-order valence-corrected chi connectivity index (χ2v) is 17.2. The Labute approximate surface area is 382 Å². The van der Waals surface area contributed by atoms with E-state index < -0.39 is 0 Å². The van der Waals surface area contributed by atoms with Gasteiger partial charge in [-0.2, -0.15) is 0 Å². The smallest absolute Gasteiger partial charge is 0.136 e. The molecular weight excluding hydrogens is 799 g/mol. The van der Waals surface area contributed by atoms with E-state index in [9.17, 15) is 0 Å². The molecule has 0 aliphatic carbocycles. The van der Waals surface area contributed by atoms with Crippen molar-refractivity contribution in [2.75, 3.05) is 4.90 Å². The first-order chi connectivity index (χ1) is 32.7. The van der Waals surface area contributed by atoms with Crippen LogP contribution in [0.5, 0.6) is 0 Å². The van der Waals surface area contributed by atoms with Gasteiger partial charge in [0.15, 0.2) is 0 Å². The van der Waals surface area contributed by atoms with E-state index in [1.165, 1.54) is 76.5 Å². The number of furan rings is 1. The lowest BCUT2D eigenvalue weighted by Gasteiger charge is -2.26. The molecule has 12 aromatic carbocycles. The summed E-state index contributed by atoms with van der Waals surface area (Å²) in [6.07, 6.45) is 0. The minimum Gasteiger partial charge on any atom is -0.456 e. The van der Waals surface area contributed by atoms with Crippen molar-refractivity contribution in [3.8, 4) is 44.5 Å². The third-order valence-corrected chi connectivity index (χ3v) is 13.5. The van der Waals surface area contributed by atoms with Crippen LogP contribution in [0.15, 0.2) is 253 Å². The second kappa shape index (κ2) is 15.5. The Morgan fingerprint density at radius 3 is 1.50 bits per heavy atom. The summed E-state index contributed by atoms with van der Waals surface area (Å²) in [6.45, 7) is 0. The minimum atomic E-state index is 0.891. The molecule has 66 heavy (non-hydrogen) atoms. The Kier molecular flexibility index (Phi) is 8.89. The highest BCUT2D eigenvalue weighted by Gasteiger charge is 2.18. The van der Waals surface area contributed by atoms with Crippen molar-refractivity contribution in [2.45, 2.75) is 0 Å². The Morgan fingerprint density at radius 1 is 0.242 bits per heavy atom. The van der Waals surface area contributed by atoms with Gasteiger partial charge >= 0.3 is 0 Å². The SMILES string of the molecule is c1cc(-c2cccc3oc4ccccc4c23)cc(N(c2ccc(-c3ccc(-c4cccc5c4ccc4ccccc45)cc3)cc2)c2ccc(-c3ccc4c(ccc5ccccc54)c3)cc2)c1. The first kappa shape index (κ1) is 37.8. The monoisotopic (exact) mass is 839 g/mol. The standard InChI is InChI=1S/C64H41NO/c1-3-14-54-45(10-1)26-27-50-40-48(33-38-57(50)54)44-30-36-52(37-31-44)65(53-13-7-12-49(41-53)58-18-9-21-63-64(58)61-16-5-6-20-62(61)66-63)51-34-28-43(29-35-51)42-22-24-47(25-23-42)56-17-8-19-59-55-15-4-2-11-46(55)32-39-60(56)59/h1-41H. The molecule has 308 valence electrons. The number of para-hydroxylation sites is 1. The molecule has 0 saturated carbocycles. The molecular formula is C64H41NO. The fourth-order valence-corrected chi connectivity index (χ4v) is 10.2. The van der Waals surface area contributed by atoms with E-state index in [1.807, 2.05) is 12.1 Å². The van der Waals surface area contributed by atoms with Crippen LogP contribution in [0.3, 0.4) is 0 Å². The van der Waals surface area contributed by atoms with Gasteiger partial charge in [0.25, 0.3) is 0 Å². The average Bonchev–Trinajstić information content (AvgIpc) is 3.78. The van der Waals surface area contributed by atoms with Gasteiger partial charge in [0, 0.05) is 27.8 Å². The van der Waals surface area contributed by atoms with Crippen LogP contribution < -0.4 is 4.90 Å². The minimum absolute atomic E-state index is 0.891. The predicted molar refractivity (Wildman–Crippen MR) is 280 cm³/mol. The molecule has 0 N–H and O–H groups in total. The van der Waals surface area contributed by atoms with E-state index in [2.05, 4.69) is 241 Å². The zero-order chi connectivity index (χ0) is 43.6. The Bertz CT molecular complexity index is 3970. The molecule has 0 unspecified atom stereocenters. The maximum atomic E-state index is 6.32. The molecule has 0 radical (unpaired) electrons. The molecule has 0 bridgehead atoms. The van der Waals surface area contributed by atoms with Crippen molar-refractivity contribution in [1.82, 2.24) is 0 Å². The molecule has 0 spiro atoms. The van der Waals surface area contributed by atoms with Crippen molar-refractivity contribution in [2.24, 2.45) is 0 Å². The van der Waals surface area contributed by atoms with Gasteiger partial charge in [0.05, 0.1) is 0 Å². The summed E-state index contributed by atoms with van der Waals surface area (Å²) in [7, 11) is 0. The maximum absolute atomic E-state index is 6.32. The first-order valence-corrected chi connectivity index (χ1v) is 22.6. The molecule has 1 heterocycles. The molecule has 0 aliphatic rings. The van der Waals surface area contributed by atoms with Gasteiger partial charge in [-0.05, 0) is 142 Å². The lowest BCUT2D eigenvalue weighted by atomic mass is 9.93. The molecule has 2 nitrogen and oxygen atoms in total. The molecule has 13 aromatic rings. The van der Waals surface area contributed by atoms with Gasteiger partial charge in [-0.3, -0.25) is 0 Å². The van der Waals surface area contributed by atoms with Crippen LogP contribution in [0, 0.1) is 0 Å². The number of benzene rings is 12. The van der Waals surface area contributed by atoms with Crippen LogP contribution in [0.2, 0.25) is 0 Å². The van der Waals surface area contributed by atoms with Gasteiger partial charge < -0.3 is 9.32 Å². The fraction of sp³-hybridized carbons (Fsp3) is 0. The van der Waals surface area contributed by atoms with Crippen LogP contribution in [0.25, 0.3) is 110 Å². The van der Waals surface area contributed by atoms with E-state index in [0.29, 0.717) is 0 Å². The van der Waals surface area contributed by atoms with Gasteiger partial charge in [-0.15, -0.1) is 0 Å². The summed E-state index contributed by atoms with van der Waals surface area (Å²) in [5.74, 6) is 0. The highest BCUT2D eigenvalue weighted by atomic mass is 16.3. The number of anilines is 3. The molecule has 0 aliphatic heterocycles. The maximum Gasteiger partial charge on any atom is 0.136 e. The summed E-state index contributed by atoms with van der Waals surface area (Å²) in [5.41, 5.74) is 14.5. The molecule has 0 amide bonds. The molecule has 0 fully saturated rings. The number of hydrogen-bond acceptors (Lipinski definition) is 2. The van der Waals surface area contributed by atoms with E-state index in [-0.39, 0.29) is 0 Å². The van der Waals surface area contributed by atoms with Crippen LogP contribution in [0.4, 0.5) is 17.1 Å². The zero-order valence-electron chi connectivity index (χ0n) is 36.0. The summed E-state index contributed by atoms with van der Waals surface area (Å²) in [5, 5.41) is 12.4. The summed E-state index contributed by atoms with van der Waals surface area (Å²) < 4.78 is 6.32. The van der Waals surface area contributed by atoms with E-state index in [4.69, 9.17) is 4.42 Å². The van der Waals surface area contributed by atoms with Crippen molar-refractivity contribution in [3.63, 3.8) is 0 Å². The van der Waals surface area contributed by atoms with Crippen LogP contribution in [0.1, 0.15) is 0 Å². The largest absolute Gasteiger partial charge is 0.456 e. The van der Waals surface area contributed by atoms with Crippen molar-refractivity contribution in [1.29, 1.82) is 0 Å². The van der Waals surface area contributed by atoms with Crippen molar-refractivity contribution < 1.29 is 4.42 Å². The number of fused-ring (bicyclic) bond motifs is 9. The third kappa shape index (κ3) is 6.42. The lowest BCUT2D eigenvalue weighted by molar-refractivity contribution is 0.669. The van der Waals surface area contributed by atoms with Crippen molar-refractivity contribution in [3.05, 3.63) is 249 Å². The van der Waals surface area contributed by atoms with Gasteiger partial charge in [0.1, 0.15) is 11.2 Å². The summed E-state index contributed by atoms with van der Waals surface area (Å²) >= 11 is 0. The molecule has 2 heteroatoms. The van der Waals surface area contributed by atoms with E-state index in [1.54, 1.807) is 0 Å². The average molecular weight is 840 g/mol. The highest BCUT2D eigenvalue weighted by molar-refractivity contribution is 6.14. The van der Waals surface area contributed by atoms with E-state index >= 15 is 0 Å². The predicted octanol–water partition coefficient (Wildman–Crippen LogP) is 18.3. The Balaban J connectivity index is 0.873. The molecule has 0 saturated heterocycles. The van der Waals surface area contributed by atoms with Crippen LogP contribution in [-0.4, -0.2) is 0 Å². The topological polar surface area (TPSA) is 16.4 Å². The van der Waals surface area contributed by atoms with Gasteiger partial charge in [-0.25, -0.2) is 0 Å². The third-order valence-electron chi connectivity index (χ3n) is 13.5. The quantitative estimate of drug-likeness (QED) is 0.149. The number of hydrogen-bond donors (Lipinski definition) is 0. The highest BCUT2D eigenvalue weighted by Crippen LogP contribution is 2.42. The Morgan fingerprint density at radius 2 is 0.742 bits per heavy atom. The molecule has 13 rings (SSSR count). The molecule has 0 atom stereocenters. The van der Waals surface area contributed by atoms with Crippen LogP contribution in [-0.2, 0) is 0 Å². The second-order valence-electron chi connectivity index (χ2n) is 17.2.